The molecule has 11 aromatic carbocycles. The Morgan fingerprint density at radius 3 is 0.950 bits per heavy atom. The third-order valence-corrected chi connectivity index (χ3v) is 14.8. The molecule has 0 aliphatic rings. The van der Waals surface area contributed by atoms with Crippen molar-refractivity contribution in [3.63, 3.8) is 0 Å². The normalized spacial score (nSPS) is 11.9. The van der Waals surface area contributed by atoms with Gasteiger partial charge in [0, 0.05) is 43.4 Å². The molecule has 80 heavy (non-hydrogen) atoms. The summed E-state index contributed by atoms with van der Waals surface area (Å²) < 4.78 is 154. The Balaban J connectivity index is 1.52. The zero-order valence-corrected chi connectivity index (χ0v) is 44.8. The lowest BCUT2D eigenvalue weighted by molar-refractivity contribution is 0.416. The fourth-order valence-corrected chi connectivity index (χ4v) is 11.2. The quantitative estimate of drug-likeness (QED) is 0.0618. The van der Waals surface area contributed by atoms with Gasteiger partial charge in [0.25, 0.3) is 0 Å². The molecule has 11 aromatic rings. The number of fused-ring (bicyclic) bond motifs is 2. The van der Waals surface area contributed by atoms with E-state index in [9.17, 15) is 0 Å². The molecule has 0 radical (unpaired) electrons. The average molecular weight is 1090 g/mol. The lowest BCUT2D eigenvalue weighted by Crippen LogP contribution is -2.08. The Kier molecular flexibility index (Phi) is 13.9. The monoisotopic (exact) mass is 1080 g/mol. The zero-order valence-electron chi connectivity index (χ0n) is 44.8. The zero-order chi connectivity index (χ0) is 56.6. The predicted molar refractivity (Wildman–Crippen MR) is 301 cm³/mol. The molecular formula is C68H52F8O4. The van der Waals surface area contributed by atoms with Gasteiger partial charge in [0.2, 0.25) is 23.3 Å². The molecule has 0 bridgehead atoms. The molecule has 11 rings (SSSR count). The van der Waals surface area contributed by atoms with Crippen LogP contribution < -0.4 is 18.9 Å². The van der Waals surface area contributed by atoms with E-state index in [0.29, 0.717) is 27.5 Å². The van der Waals surface area contributed by atoms with Gasteiger partial charge < -0.3 is 18.9 Å². The van der Waals surface area contributed by atoms with Gasteiger partial charge >= 0.3 is 0 Å². The van der Waals surface area contributed by atoms with Crippen molar-refractivity contribution >= 4 is 43.1 Å². The van der Waals surface area contributed by atoms with Gasteiger partial charge in [-0.2, -0.15) is 17.6 Å². The van der Waals surface area contributed by atoms with Crippen LogP contribution in [0, 0.1) is 46.5 Å². The van der Waals surface area contributed by atoms with E-state index in [1.165, 1.54) is 54.6 Å². The molecule has 0 aliphatic heterocycles. The van der Waals surface area contributed by atoms with Crippen LogP contribution >= 0.6 is 0 Å². The van der Waals surface area contributed by atoms with Gasteiger partial charge in [-0.1, -0.05) is 128 Å². The SMILES string of the molecule is CC(C)c1cccc(C(C)C)c1-c1c(-c2c(C(C)C)cccc2C(C)C)c2ccc(Oc3cccc(F)c3F)c3c4c(Oc5cccc(F)c5F)ccc5ccc(Oc6cccc(F)c6F)c(c(c1Oc1cccc(F)c1F)c23)c54. The number of hydrogen-bond donors (Lipinski definition) is 0. The summed E-state index contributed by atoms with van der Waals surface area (Å²) in [5.41, 5.74) is 6.06. The first kappa shape index (κ1) is 53.4. The van der Waals surface area contributed by atoms with Crippen LogP contribution in [0.1, 0.15) is 101 Å². The molecular weight excluding hydrogens is 1030 g/mol. The van der Waals surface area contributed by atoms with Crippen molar-refractivity contribution in [2.24, 2.45) is 0 Å². The highest BCUT2D eigenvalue weighted by molar-refractivity contribution is 6.40. The molecule has 0 heterocycles. The molecule has 4 nitrogen and oxygen atoms in total. The fourth-order valence-electron chi connectivity index (χ4n) is 11.2. The van der Waals surface area contributed by atoms with Crippen LogP contribution in [-0.2, 0) is 0 Å². The second-order valence-corrected chi connectivity index (χ2v) is 21.1. The predicted octanol–water partition coefficient (Wildman–Crippen LogP) is 21.8. The van der Waals surface area contributed by atoms with Gasteiger partial charge in [0.1, 0.15) is 23.0 Å². The summed E-state index contributed by atoms with van der Waals surface area (Å²) in [6.45, 7) is 16.5. The molecule has 0 N–H and O–H groups in total. The van der Waals surface area contributed by atoms with Crippen LogP contribution in [0.25, 0.3) is 65.3 Å². The van der Waals surface area contributed by atoms with Crippen LogP contribution in [0.15, 0.2) is 146 Å². The summed E-state index contributed by atoms with van der Waals surface area (Å²) in [5, 5.41) is 1.93. The van der Waals surface area contributed by atoms with E-state index in [-0.39, 0.29) is 79.0 Å². The lowest BCUT2D eigenvalue weighted by Gasteiger charge is -2.31. The number of benzene rings is 11. The topological polar surface area (TPSA) is 36.9 Å². The Morgan fingerprint density at radius 1 is 0.263 bits per heavy atom. The third-order valence-electron chi connectivity index (χ3n) is 14.8. The van der Waals surface area contributed by atoms with E-state index < -0.39 is 69.5 Å². The summed E-state index contributed by atoms with van der Waals surface area (Å²) in [6, 6.07) is 35.7. The highest BCUT2D eigenvalue weighted by atomic mass is 19.2. The minimum Gasteiger partial charge on any atom is -0.453 e. The molecule has 0 amide bonds. The maximum atomic E-state index is 16.9. The Morgan fingerprint density at radius 2 is 0.575 bits per heavy atom. The fraction of sp³-hybridized carbons (Fsp3) is 0.176. The van der Waals surface area contributed by atoms with Crippen molar-refractivity contribution in [2.45, 2.75) is 79.1 Å². The van der Waals surface area contributed by atoms with Crippen molar-refractivity contribution < 1.29 is 54.1 Å². The summed E-state index contributed by atoms with van der Waals surface area (Å²) in [6.07, 6.45) is 0. The second-order valence-electron chi connectivity index (χ2n) is 21.1. The van der Waals surface area contributed by atoms with Crippen LogP contribution in [-0.4, -0.2) is 0 Å². The number of rotatable bonds is 14. The minimum absolute atomic E-state index is 0.0409. The molecule has 0 aromatic heterocycles. The van der Waals surface area contributed by atoms with Crippen molar-refractivity contribution in [2.75, 3.05) is 0 Å². The van der Waals surface area contributed by atoms with Gasteiger partial charge in [0.05, 0.1) is 0 Å². The first-order valence-corrected chi connectivity index (χ1v) is 26.4. The standard InChI is InChI=1S/C68H52F8O4/c1-33(2)38-15-9-16-39(34(3)4)55(38)57-42-29-32-49(79-52-25-13-21-45(71)66(52)75)61-58(42)63(68(80-53-26-14-22-46(72)67(53)76)62(57)56-40(35(5)6)17-10-18-41(56)36(7)8)60-48(78-51-24-12-20-44(70)65(51)74)31-28-37-27-30-47(59(61)54(37)60)77-50-23-11-19-43(69)64(50)73/h9-36H,1-8H3. The highest BCUT2D eigenvalue weighted by Gasteiger charge is 2.35. The van der Waals surface area contributed by atoms with E-state index >= 15 is 35.1 Å². The molecule has 0 saturated carbocycles. The van der Waals surface area contributed by atoms with Crippen molar-refractivity contribution in [1.29, 1.82) is 0 Å². The van der Waals surface area contributed by atoms with Crippen LogP contribution in [0.2, 0.25) is 0 Å². The van der Waals surface area contributed by atoms with Crippen LogP contribution in [0.4, 0.5) is 35.1 Å². The summed E-state index contributed by atoms with van der Waals surface area (Å²) in [4.78, 5) is 0. The van der Waals surface area contributed by atoms with Crippen molar-refractivity contribution in [3.8, 4) is 68.2 Å². The Bertz CT molecular complexity index is 4150. The Labute approximate surface area is 457 Å². The largest absolute Gasteiger partial charge is 0.453 e. The molecule has 404 valence electrons. The van der Waals surface area contributed by atoms with E-state index in [4.69, 9.17) is 18.9 Å². The number of hydrogen-bond acceptors (Lipinski definition) is 4. The van der Waals surface area contributed by atoms with Gasteiger partial charge in [-0.05, 0) is 141 Å². The third kappa shape index (κ3) is 8.94. The molecule has 0 saturated heterocycles. The van der Waals surface area contributed by atoms with Crippen molar-refractivity contribution in [3.05, 3.63) is 214 Å². The van der Waals surface area contributed by atoms with E-state index in [1.54, 1.807) is 30.3 Å². The van der Waals surface area contributed by atoms with E-state index in [1.807, 2.05) is 36.4 Å². The molecule has 0 unspecified atom stereocenters. The van der Waals surface area contributed by atoms with Gasteiger partial charge in [0.15, 0.2) is 46.3 Å². The highest BCUT2D eigenvalue weighted by Crippen LogP contribution is 2.61. The van der Waals surface area contributed by atoms with Crippen LogP contribution in [0.3, 0.4) is 0 Å². The summed E-state index contributed by atoms with van der Waals surface area (Å²) in [7, 11) is 0. The van der Waals surface area contributed by atoms with Crippen molar-refractivity contribution in [1.82, 2.24) is 0 Å². The molecule has 0 spiro atoms. The summed E-state index contributed by atoms with van der Waals surface area (Å²) in [5.74, 6) is -13.1. The molecule has 0 aliphatic carbocycles. The Hall–Kier alpha value is -8.64. The van der Waals surface area contributed by atoms with Gasteiger partial charge in [-0.25, -0.2) is 17.6 Å². The van der Waals surface area contributed by atoms with Crippen LogP contribution in [0.5, 0.6) is 46.0 Å². The maximum Gasteiger partial charge on any atom is 0.201 e. The average Bonchev–Trinajstić information content (AvgIpc) is 1.18. The van der Waals surface area contributed by atoms with Gasteiger partial charge in [-0.3, -0.25) is 0 Å². The maximum absolute atomic E-state index is 16.9. The van der Waals surface area contributed by atoms with E-state index in [2.05, 4.69) is 55.4 Å². The molecule has 0 fully saturated rings. The lowest BCUT2D eigenvalue weighted by atomic mass is 9.75. The second kappa shape index (κ2) is 20.9. The molecule has 12 heteroatoms. The smallest absolute Gasteiger partial charge is 0.201 e. The number of halogens is 8. The first-order valence-electron chi connectivity index (χ1n) is 26.4. The summed E-state index contributed by atoms with van der Waals surface area (Å²) >= 11 is 0. The van der Waals surface area contributed by atoms with E-state index in [0.717, 1.165) is 52.1 Å². The first-order chi connectivity index (χ1) is 38.4. The van der Waals surface area contributed by atoms with Gasteiger partial charge in [-0.15, -0.1) is 0 Å². The minimum atomic E-state index is -1.32. The number of ether oxygens (including phenoxy) is 4. The molecule has 0 atom stereocenters.